The molecule has 2 aromatic carbocycles. The van der Waals surface area contributed by atoms with Crippen molar-refractivity contribution in [2.75, 3.05) is 5.43 Å². The van der Waals surface area contributed by atoms with E-state index < -0.39 is 0 Å². The molecule has 3 heteroatoms. The first-order valence-corrected chi connectivity index (χ1v) is 6.64. The molecule has 19 heavy (non-hydrogen) atoms. The Labute approximate surface area is 113 Å². The molecular formula is C16H19N2O+. The van der Waals surface area contributed by atoms with Gasteiger partial charge in [-0.1, -0.05) is 38.1 Å². The molecule has 0 aliphatic heterocycles. The van der Waals surface area contributed by atoms with Crippen molar-refractivity contribution < 1.29 is 4.87 Å². The molecule has 0 aromatic heterocycles. The van der Waals surface area contributed by atoms with Crippen molar-refractivity contribution >= 4 is 11.4 Å². The topological polar surface area (TPSA) is 32.1 Å². The summed E-state index contributed by atoms with van der Waals surface area (Å²) in [7, 11) is 0. The van der Waals surface area contributed by atoms with Crippen LogP contribution in [0.2, 0.25) is 0 Å². The minimum atomic E-state index is 0.608. The molecule has 1 N–H and O–H groups in total. The van der Waals surface area contributed by atoms with E-state index in [1.165, 1.54) is 11.1 Å². The van der Waals surface area contributed by atoms with Gasteiger partial charge in [0.05, 0.1) is 4.91 Å². The van der Waals surface area contributed by atoms with Gasteiger partial charge in [0.25, 0.3) is 5.69 Å². The van der Waals surface area contributed by atoms with E-state index >= 15 is 0 Å². The molecule has 0 heterocycles. The summed E-state index contributed by atoms with van der Waals surface area (Å²) in [5, 5.41) is 0. The van der Waals surface area contributed by atoms with Gasteiger partial charge in [-0.25, -0.2) is 0 Å². The van der Waals surface area contributed by atoms with Gasteiger partial charge in [-0.3, -0.25) is 0 Å². The zero-order chi connectivity index (χ0) is 13.7. The summed E-state index contributed by atoms with van der Waals surface area (Å²) in [5.74, 6) is 0. The van der Waals surface area contributed by atoms with Gasteiger partial charge < -0.3 is 0 Å². The lowest BCUT2D eigenvalue weighted by Gasteiger charge is -2.00. The van der Waals surface area contributed by atoms with E-state index in [1.807, 2.05) is 48.5 Å². The predicted octanol–water partition coefficient (Wildman–Crippen LogP) is 4.25. The van der Waals surface area contributed by atoms with E-state index in [0.717, 1.165) is 23.4 Å². The third-order valence-electron chi connectivity index (χ3n) is 3.17. The largest absolute Gasteiger partial charge is 0.292 e. The molecule has 0 spiro atoms. The van der Waals surface area contributed by atoms with Crippen LogP contribution in [0, 0.1) is 4.91 Å². The van der Waals surface area contributed by atoms with Gasteiger partial charge in [0.1, 0.15) is 5.69 Å². The Morgan fingerprint density at radius 1 is 0.842 bits per heavy atom. The van der Waals surface area contributed by atoms with E-state index in [2.05, 4.69) is 19.3 Å². The summed E-state index contributed by atoms with van der Waals surface area (Å²) in [6.07, 6.45) is 1.98. The lowest BCUT2D eigenvalue weighted by Crippen LogP contribution is -2.10. The fourth-order valence-corrected chi connectivity index (χ4v) is 1.86. The maximum Gasteiger partial charge on any atom is 0.292 e. The van der Waals surface area contributed by atoms with Gasteiger partial charge in [-0.05, 0) is 36.1 Å². The van der Waals surface area contributed by atoms with Crippen LogP contribution in [0.1, 0.15) is 25.0 Å². The van der Waals surface area contributed by atoms with Gasteiger partial charge in [0.2, 0.25) is 0 Å². The molecular weight excluding hydrogens is 236 g/mol. The van der Waals surface area contributed by atoms with Gasteiger partial charge >= 0.3 is 0 Å². The Bertz CT molecular complexity index is 544. The quantitative estimate of drug-likeness (QED) is 0.640. The number of nitrogens with one attached hydrogen (secondary N) is 1. The van der Waals surface area contributed by atoms with E-state index in [4.69, 9.17) is 0 Å². The number of hydrazine groups is 1. The fraction of sp³-hybridized carbons (Fsp3) is 0.250. The molecule has 2 rings (SSSR count). The van der Waals surface area contributed by atoms with Crippen LogP contribution in [-0.4, -0.2) is 4.87 Å². The molecule has 0 aliphatic rings. The van der Waals surface area contributed by atoms with Gasteiger partial charge in [0.15, 0.2) is 4.87 Å². The molecule has 0 radical (unpaired) electrons. The van der Waals surface area contributed by atoms with Gasteiger partial charge in [-0.2, -0.15) is 0 Å². The molecule has 0 amide bonds. The molecule has 0 saturated carbocycles. The molecule has 0 saturated heterocycles. The molecule has 0 unspecified atom stereocenters. The number of hydrogen-bond donors (Lipinski definition) is 1. The van der Waals surface area contributed by atoms with Crippen molar-refractivity contribution in [3.63, 3.8) is 0 Å². The normalized spacial score (nSPS) is 10.2. The minimum Gasteiger partial charge on any atom is -0.114 e. The average molecular weight is 255 g/mol. The van der Waals surface area contributed by atoms with Crippen LogP contribution < -0.4 is 5.43 Å². The SMILES string of the molecule is CCc1ccc(N[N+](=O)c2ccc(CC)cc2)cc1. The highest BCUT2D eigenvalue weighted by atomic mass is 16.3. The predicted molar refractivity (Wildman–Crippen MR) is 78.6 cm³/mol. The average Bonchev–Trinajstić information content (AvgIpc) is 2.48. The summed E-state index contributed by atoms with van der Waals surface area (Å²) in [6.45, 7) is 4.20. The van der Waals surface area contributed by atoms with Crippen molar-refractivity contribution in [1.82, 2.24) is 0 Å². The first-order chi connectivity index (χ1) is 9.22. The Hall–Kier alpha value is -2.16. The highest BCUT2D eigenvalue weighted by molar-refractivity contribution is 5.43. The lowest BCUT2D eigenvalue weighted by molar-refractivity contribution is -0.427. The van der Waals surface area contributed by atoms with Crippen LogP contribution in [0.3, 0.4) is 0 Å². The Morgan fingerprint density at radius 3 is 1.79 bits per heavy atom. The summed E-state index contributed by atoms with van der Waals surface area (Å²) < 4.78 is 0. The standard InChI is InChI=1S/C16H19N2O/c1-3-13-5-9-15(10-6-13)17-18(19)16-11-7-14(4-2)8-12-16/h5-12H,3-4H2,1-2H3,(H,17,19)/q+1. The molecule has 3 nitrogen and oxygen atoms in total. The van der Waals surface area contributed by atoms with Crippen molar-refractivity contribution in [2.24, 2.45) is 0 Å². The molecule has 2 aromatic rings. The number of hydrogen-bond acceptors (Lipinski definition) is 1. The number of anilines is 1. The van der Waals surface area contributed by atoms with Crippen LogP contribution in [0.5, 0.6) is 0 Å². The smallest absolute Gasteiger partial charge is 0.114 e. The van der Waals surface area contributed by atoms with Gasteiger partial charge in [-0.15, -0.1) is 5.43 Å². The van der Waals surface area contributed by atoms with E-state index in [0.29, 0.717) is 5.69 Å². The van der Waals surface area contributed by atoms with Crippen molar-refractivity contribution in [1.29, 1.82) is 0 Å². The highest BCUT2D eigenvalue weighted by Crippen LogP contribution is 2.16. The number of rotatable bonds is 5. The van der Waals surface area contributed by atoms with Crippen molar-refractivity contribution in [3.8, 4) is 0 Å². The molecule has 98 valence electrons. The summed E-state index contributed by atoms with van der Waals surface area (Å²) in [5.41, 5.74) is 6.72. The second-order valence-corrected chi connectivity index (χ2v) is 4.48. The summed E-state index contributed by atoms with van der Waals surface area (Å²) in [4.78, 5) is 12.8. The highest BCUT2D eigenvalue weighted by Gasteiger charge is 2.13. The van der Waals surface area contributed by atoms with E-state index in [-0.39, 0.29) is 0 Å². The van der Waals surface area contributed by atoms with Crippen LogP contribution >= 0.6 is 0 Å². The third-order valence-corrected chi connectivity index (χ3v) is 3.17. The number of nitroso groups, excluding NO2 is 1. The van der Waals surface area contributed by atoms with Crippen LogP contribution in [-0.2, 0) is 12.8 Å². The van der Waals surface area contributed by atoms with Crippen LogP contribution in [0.4, 0.5) is 11.4 Å². The zero-order valence-electron chi connectivity index (χ0n) is 11.4. The first kappa shape index (κ1) is 13.3. The summed E-state index contributed by atoms with van der Waals surface area (Å²) in [6, 6.07) is 15.5. The molecule has 0 atom stereocenters. The Kier molecular flexibility index (Phi) is 4.29. The van der Waals surface area contributed by atoms with Crippen LogP contribution in [0.15, 0.2) is 48.5 Å². The Balaban J connectivity index is 2.06. The molecule has 0 aliphatic carbocycles. The first-order valence-electron chi connectivity index (χ1n) is 6.64. The number of nitrogens with zero attached hydrogens (tertiary/aromatic N) is 1. The second-order valence-electron chi connectivity index (χ2n) is 4.48. The minimum absolute atomic E-state index is 0.608. The number of aryl methyl sites for hydroxylation is 2. The third kappa shape index (κ3) is 3.41. The second kappa shape index (κ2) is 6.14. The monoisotopic (exact) mass is 255 g/mol. The van der Waals surface area contributed by atoms with Gasteiger partial charge in [0, 0.05) is 12.1 Å². The Morgan fingerprint density at radius 2 is 1.32 bits per heavy atom. The van der Waals surface area contributed by atoms with Crippen LogP contribution in [0.25, 0.3) is 0 Å². The zero-order valence-corrected chi connectivity index (χ0v) is 11.4. The molecule has 0 fully saturated rings. The lowest BCUT2D eigenvalue weighted by atomic mass is 10.1. The summed E-state index contributed by atoms with van der Waals surface area (Å²) >= 11 is 0. The molecule has 0 bridgehead atoms. The maximum absolute atomic E-state index is 12.0. The fourth-order valence-electron chi connectivity index (χ4n) is 1.86. The van der Waals surface area contributed by atoms with E-state index in [9.17, 15) is 4.91 Å². The number of benzene rings is 2. The van der Waals surface area contributed by atoms with Crippen molar-refractivity contribution in [3.05, 3.63) is 64.6 Å². The van der Waals surface area contributed by atoms with E-state index in [1.54, 1.807) is 0 Å². The maximum atomic E-state index is 12.0. The van der Waals surface area contributed by atoms with Crippen molar-refractivity contribution in [2.45, 2.75) is 26.7 Å².